The molecule has 0 bridgehead atoms. The van der Waals surface area contributed by atoms with E-state index in [-0.39, 0.29) is 11.3 Å². The van der Waals surface area contributed by atoms with Crippen LogP contribution in [0, 0.1) is 11.3 Å². The molecular formula is C12H9NO4. The number of nitrogens with one attached hydrogen (secondary N) is 1. The first-order chi connectivity index (χ1) is 8.00. The lowest BCUT2D eigenvalue weighted by molar-refractivity contribution is -0.138. The van der Waals surface area contributed by atoms with Gasteiger partial charge in [-0.05, 0) is 17.7 Å². The van der Waals surface area contributed by atoms with Crippen molar-refractivity contribution in [3.05, 3.63) is 41.0 Å². The molecule has 0 saturated carbocycles. The van der Waals surface area contributed by atoms with Crippen LogP contribution in [0.5, 0.6) is 0 Å². The van der Waals surface area contributed by atoms with Crippen molar-refractivity contribution >= 4 is 23.7 Å². The maximum absolute atomic E-state index is 10.9. The van der Waals surface area contributed by atoms with Crippen molar-refractivity contribution in [1.29, 1.82) is 5.41 Å². The zero-order valence-electron chi connectivity index (χ0n) is 8.68. The normalized spacial score (nSPS) is 17.6. The zero-order valence-corrected chi connectivity index (χ0v) is 8.68. The van der Waals surface area contributed by atoms with Crippen molar-refractivity contribution in [3.8, 4) is 0 Å². The van der Waals surface area contributed by atoms with Gasteiger partial charge in [-0.25, -0.2) is 4.79 Å². The number of aliphatic carboxylic acids is 1. The minimum absolute atomic E-state index is 0.0214. The quantitative estimate of drug-likeness (QED) is 0.717. The molecule has 0 saturated heterocycles. The third-order valence-electron chi connectivity index (χ3n) is 2.63. The van der Waals surface area contributed by atoms with Gasteiger partial charge in [0.1, 0.15) is 5.92 Å². The van der Waals surface area contributed by atoms with Gasteiger partial charge in [-0.15, -0.1) is 0 Å². The van der Waals surface area contributed by atoms with E-state index in [1.54, 1.807) is 6.08 Å². The summed E-state index contributed by atoms with van der Waals surface area (Å²) in [6.07, 6.45) is 2.93. The molecule has 0 fully saturated rings. The molecule has 1 aliphatic carbocycles. The summed E-state index contributed by atoms with van der Waals surface area (Å²) < 4.78 is 0. The van der Waals surface area contributed by atoms with Gasteiger partial charge in [-0.1, -0.05) is 18.2 Å². The summed E-state index contributed by atoms with van der Waals surface area (Å²) in [7, 11) is 0. The smallest absolute Gasteiger partial charge is 0.335 e. The molecule has 1 aromatic rings. The molecule has 0 aliphatic heterocycles. The minimum atomic E-state index is -1.08. The maximum atomic E-state index is 10.9. The Morgan fingerprint density at radius 1 is 1.24 bits per heavy atom. The Bertz CT molecular complexity index is 560. The van der Waals surface area contributed by atoms with Crippen LogP contribution < -0.4 is 0 Å². The van der Waals surface area contributed by atoms with E-state index >= 15 is 0 Å². The minimum Gasteiger partial charge on any atom is -0.481 e. The molecule has 1 atom stereocenters. The predicted octanol–water partition coefficient (Wildman–Crippen LogP) is 1.48. The van der Waals surface area contributed by atoms with Crippen molar-refractivity contribution in [2.24, 2.45) is 5.92 Å². The van der Waals surface area contributed by atoms with E-state index in [1.807, 2.05) is 0 Å². The third kappa shape index (κ3) is 1.82. The molecular weight excluding hydrogens is 222 g/mol. The molecule has 1 aromatic carbocycles. The van der Waals surface area contributed by atoms with Crippen LogP contribution in [0.15, 0.2) is 24.3 Å². The third-order valence-corrected chi connectivity index (χ3v) is 2.63. The Labute approximate surface area is 96.5 Å². The van der Waals surface area contributed by atoms with Gasteiger partial charge in [0.15, 0.2) is 0 Å². The van der Waals surface area contributed by atoms with E-state index in [2.05, 4.69) is 0 Å². The van der Waals surface area contributed by atoms with Gasteiger partial charge in [0.25, 0.3) is 0 Å². The number of fused-ring (bicyclic) bond motifs is 1. The second kappa shape index (κ2) is 3.86. The monoisotopic (exact) mass is 231 g/mol. The summed E-state index contributed by atoms with van der Waals surface area (Å²) in [6.45, 7) is 0. The first-order valence-corrected chi connectivity index (χ1v) is 4.88. The average Bonchev–Trinajstić information content (AvgIpc) is 2.28. The zero-order chi connectivity index (χ0) is 12.6. The van der Waals surface area contributed by atoms with Crippen LogP contribution in [0.1, 0.15) is 21.5 Å². The van der Waals surface area contributed by atoms with E-state index in [9.17, 15) is 9.59 Å². The Balaban J connectivity index is 2.49. The molecule has 0 heterocycles. The van der Waals surface area contributed by atoms with Crippen molar-refractivity contribution < 1.29 is 19.8 Å². The molecule has 0 amide bonds. The first kappa shape index (κ1) is 11.1. The van der Waals surface area contributed by atoms with Crippen molar-refractivity contribution in [2.75, 3.05) is 0 Å². The van der Waals surface area contributed by atoms with Crippen molar-refractivity contribution in [3.63, 3.8) is 0 Å². The first-order valence-electron chi connectivity index (χ1n) is 4.88. The molecule has 0 spiro atoms. The fraction of sp³-hybridized carbons (Fsp3) is 0.0833. The summed E-state index contributed by atoms with van der Waals surface area (Å²) in [5.74, 6) is -3.09. The van der Waals surface area contributed by atoms with Crippen LogP contribution in [0.3, 0.4) is 0 Å². The van der Waals surface area contributed by atoms with Gasteiger partial charge < -0.3 is 15.6 Å². The molecule has 0 aromatic heterocycles. The Morgan fingerprint density at radius 3 is 2.53 bits per heavy atom. The molecule has 1 unspecified atom stereocenters. The van der Waals surface area contributed by atoms with E-state index in [0.29, 0.717) is 11.1 Å². The van der Waals surface area contributed by atoms with Crippen LogP contribution in [0.4, 0.5) is 0 Å². The summed E-state index contributed by atoms with van der Waals surface area (Å²) >= 11 is 0. The number of carboxylic acids is 2. The standard InChI is InChI=1S/C12H9NO4/c13-10-8-3-2-7(11(14)15)5-6(8)1-4-9(10)12(16)17/h1-5,9,13H,(H,14,15)(H,16,17). The van der Waals surface area contributed by atoms with Crippen LogP contribution >= 0.6 is 0 Å². The van der Waals surface area contributed by atoms with E-state index in [1.165, 1.54) is 24.3 Å². The van der Waals surface area contributed by atoms with Gasteiger partial charge >= 0.3 is 11.9 Å². The van der Waals surface area contributed by atoms with Crippen LogP contribution in [-0.4, -0.2) is 27.9 Å². The lowest BCUT2D eigenvalue weighted by atomic mass is 9.87. The Kier molecular flexibility index (Phi) is 2.51. The highest BCUT2D eigenvalue weighted by Crippen LogP contribution is 2.24. The Morgan fingerprint density at radius 2 is 1.94 bits per heavy atom. The van der Waals surface area contributed by atoms with Crippen molar-refractivity contribution in [1.82, 2.24) is 0 Å². The molecule has 5 heteroatoms. The lowest BCUT2D eigenvalue weighted by Gasteiger charge is -2.17. The van der Waals surface area contributed by atoms with Crippen LogP contribution in [-0.2, 0) is 4.79 Å². The van der Waals surface area contributed by atoms with Gasteiger partial charge in [0, 0.05) is 5.56 Å². The molecule has 1 aliphatic rings. The number of hydrogen-bond acceptors (Lipinski definition) is 3. The summed E-state index contributed by atoms with van der Waals surface area (Å²) in [5.41, 5.74) is 1.12. The maximum Gasteiger partial charge on any atom is 0.335 e. The molecule has 86 valence electrons. The predicted molar refractivity (Wildman–Crippen MR) is 60.4 cm³/mol. The topological polar surface area (TPSA) is 98.5 Å². The second-order valence-electron chi connectivity index (χ2n) is 3.70. The van der Waals surface area contributed by atoms with Gasteiger partial charge in [-0.3, -0.25) is 4.79 Å². The molecule has 5 nitrogen and oxygen atoms in total. The van der Waals surface area contributed by atoms with E-state index < -0.39 is 17.9 Å². The van der Waals surface area contributed by atoms with Gasteiger partial charge in [-0.2, -0.15) is 0 Å². The summed E-state index contributed by atoms with van der Waals surface area (Å²) in [4.78, 5) is 21.6. The van der Waals surface area contributed by atoms with E-state index in [4.69, 9.17) is 15.6 Å². The highest BCUT2D eigenvalue weighted by atomic mass is 16.4. The SMILES string of the molecule is N=C1c2ccc(C(=O)O)cc2C=CC1C(=O)O. The Hall–Kier alpha value is -2.43. The lowest BCUT2D eigenvalue weighted by Crippen LogP contribution is -2.25. The highest BCUT2D eigenvalue weighted by molar-refractivity contribution is 6.15. The van der Waals surface area contributed by atoms with Crippen LogP contribution in [0.2, 0.25) is 0 Å². The number of aromatic carboxylic acids is 1. The number of carbonyl (C=O) groups is 2. The van der Waals surface area contributed by atoms with E-state index in [0.717, 1.165) is 0 Å². The number of rotatable bonds is 2. The fourth-order valence-electron chi connectivity index (χ4n) is 1.75. The van der Waals surface area contributed by atoms with Crippen molar-refractivity contribution in [2.45, 2.75) is 0 Å². The number of hydrogen-bond donors (Lipinski definition) is 3. The van der Waals surface area contributed by atoms with Gasteiger partial charge in [0.2, 0.25) is 0 Å². The fourth-order valence-corrected chi connectivity index (χ4v) is 1.75. The largest absolute Gasteiger partial charge is 0.481 e. The highest BCUT2D eigenvalue weighted by Gasteiger charge is 2.26. The molecule has 17 heavy (non-hydrogen) atoms. The number of benzene rings is 1. The summed E-state index contributed by atoms with van der Waals surface area (Å²) in [6, 6.07) is 4.27. The van der Waals surface area contributed by atoms with Gasteiger partial charge in [0.05, 0.1) is 11.3 Å². The molecule has 3 N–H and O–H groups in total. The molecule has 2 rings (SSSR count). The second-order valence-corrected chi connectivity index (χ2v) is 3.70. The number of carboxylic acid groups (broad SMARTS) is 2. The van der Waals surface area contributed by atoms with Crippen LogP contribution in [0.25, 0.3) is 6.08 Å². The molecule has 0 radical (unpaired) electrons. The average molecular weight is 231 g/mol. The summed E-state index contributed by atoms with van der Waals surface area (Å²) in [5, 5.41) is 25.5.